The van der Waals surface area contributed by atoms with Crippen LogP contribution in [0.1, 0.15) is 6.42 Å². The van der Waals surface area contributed by atoms with Crippen molar-refractivity contribution in [3.8, 4) is 11.1 Å². The van der Waals surface area contributed by atoms with Crippen molar-refractivity contribution in [3.63, 3.8) is 0 Å². The van der Waals surface area contributed by atoms with Crippen LogP contribution in [0.4, 0.5) is 5.95 Å². The number of hydrogen-bond donors (Lipinski definition) is 2. The molecule has 2 aromatic heterocycles. The summed E-state index contributed by atoms with van der Waals surface area (Å²) < 4.78 is 0. The average Bonchev–Trinajstić information content (AvgIpc) is 3.20. The van der Waals surface area contributed by atoms with Gasteiger partial charge in [0.2, 0.25) is 5.95 Å². The molecule has 6 nitrogen and oxygen atoms in total. The van der Waals surface area contributed by atoms with Crippen LogP contribution >= 0.6 is 0 Å². The zero-order chi connectivity index (χ0) is 13.2. The molecule has 2 aromatic rings. The van der Waals surface area contributed by atoms with Crippen LogP contribution in [0.5, 0.6) is 0 Å². The van der Waals surface area contributed by atoms with Crippen LogP contribution in [-0.2, 0) is 4.79 Å². The molecule has 2 unspecified atom stereocenters. The van der Waals surface area contributed by atoms with Crippen LogP contribution in [0.25, 0.3) is 11.1 Å². The number of rotatable bonds is 4. The summed E-state index contributed by atoms with van der Waals surface area (Å²) in [7, 11) is 0. The molecular weight excluding hydrogens is 244 g/mol. The number of nitrogens with one attached hydrogen (secondary N) is 1. The van der Waals surface area contributed by atoms with Crippen LogP contribution in [0.3, 0.4) is 0 Å². The summed E-state index contributed by atoms with van der Waals surface area (Å²) in [6.07, 6.45) is 7.48. The Balaban J connectivity index is 1.69. The predicted octanol–water partition coefficient (Wildman–Crippen LogP) is 1.42. The average molecular weight is 256 g/mol. The van der Waals surface area contributed by atoms with E-state index in [4.69, 9.17) is 5.11 Å². The molecule has 1 aliphatic carbocycles. The SMILES string of the molecule is O=C(O)C1CC1Nc1ncc(-c2cccnc2)cn1. The van der Waals surface area contributed by atoms with Crippen LogP contribution in [0.2, 0.25) is 0 Å². The van der Waals surface area contributed by atoms with E-state index in [0.717, 1.165) is 11.1 Å². The van der Waals surface area contributed by atoms with Crippen molar-refractivity contribution in [3.05, 3.63) is 36.9 Å². The van der Waals surface area contributed by atoms with Gasteiger partial charge in [-0.3, -0.25) is 9.78 Å². The Hall–Kier alpha value is -2.50. The van der Waals surface area contributed by atoms with E-state index < -0.39 is 5.97 Å². The second-order valence-electron chi connectivity index (χ2n) is 4.47. The summed E-state index contributed by atoms with van der Waals surface area (Å²) in [6.45, 7) is 0. The fraction of sp³-hybridized carbons (Fsp3) is 0.231. The predicted molar refractivity (Wildman–Crippen MR) is 68.4 cm³/mol. The molecule has 2 atom stereocenters. The summed E-state index contributed by atoms with van der Waals surface area (Å²) in [5, 5.41) is 11.8. The molecule has 0 radical (unpaired) electrons. The van der Waals surface area contributed by atoms with E-state index in [0.29, 0.717) is 12.4 Å². The van der Waals surface area contributed by atoms with Crippen molar-refractivity contribution < 1.29 is 9.90 Å². The van der Waals surface area contributed by atoms with Gasteiger partial charge in [0.05, 0.1) is 5.92 Å². The molecule has 96 valence electrons. The van der Waals surface area contributed by atoms with Gasteiger partial charge in [0.15, 0.2) is 0 Å². The summed E-state index contributed by atoms with van der Waals surface area (Å²) in [5.41, 5.74) is 1.83. The Kier molecular flexibility index (Phi) is 2.83. The summed E-state index contributed by atoms with van der Waals surface area (Å²) in [5.74, 6) is -0.632. The summed E-state index contributed by atoms with van der Waals surface area (Å²) in [6, 6.07) is 3.73. The minimum Gasteiger partial charge on any atom is -0.481 e. The maximum Gasteiger partial charge on any atom is 0.308 e. The zero-order valence-corrected chi connectivity index (χ0v) is 10.0. The first-order chi connectivity index (χ1) is 9.24. The summed E-state index contributed by atoms with van der Waals surface area (Å²) >= 11 is 0. The van der Waals surface area contributed by atoms with Crippen molar-refractivity contribution in [1.29, 1.82) is 0 Å². The largest absolute Gasteiger partial charge is 0.481 e. The van der Waals surface area contributed by atoms with Crippen molar-refractivity contribution in [1.82, 2.24) is 15.0 Å². The van der Waals surface area contributed by atoms with Crippen molar-refractivity contribution in [2.45, 2.75) is 12.5 Å². The lowest BCUT2D eigenvalue weighted by Gasteiger charge is -2.04. The van der Waals surface area contributed by atoms with Gasteiger partial charge >= 0.3 is 5.97 Å². The third kappa shape index (κ3) is 2.52. The Bertz CT molecular complexity index is 585. The molecule has 6 heteroatoms. The second-order valence-corrected chi connectivity index (χ2v) is 4.47. The van der Waals surface area contributed by atoms with Gasteiger partial charge in [0, 0.05) is 42.0 Å². The molecule has 1 saturated carbocycles. The Morgan fingerprint density at radius 1 is 1.26 bits per heavy atom. The van der Waals surface area contributed by atoms with Gasteiger partial charge in [0.1, 0.15) is 0 Å². The smallest absolute Gasteiger partial charge is 0.308 e. The number of nitrogens with zero attached hydrogens (tertiary/aromatic N) is 3. The number of anilines is 1. The first-order valence-electron chi connectivity index (χ1n) is 5.96. The van der Waals surface area contributed by atoms with Gasteiger partial charge in [-0.1, -0.05) is 6.07 Å². The molecule has 3 rings (SSSR count). The lowest BCUT2D eigenvalue weighted by Crippen LogP contribution is -2.12. The molecule has 0 saturated heterocycles. The van der Waals surface area contributed by atoms with Gasteiger partial charge in [-0.15, -0.1) is 0 Å². The summed E-state index contributed by atoms with van der Waals surface area (Å²) in [4.78, 5) is 23.1. The molecule has 0 aromatic carbocycles. The lowest BCUT2D eigenvalue weighted by molar-refractivity contribution is -0.138. The minimum absolute atomic E-state index is 0.0539. The lowest BCUT2D eigenvalue weighted by atomic mass is 10.2. The van der Waals surface area contributed by atoms with Crippen LogP contribution in [0.15, 0.2) is 36.9 Å². The molecule has 2 heterocycles. The molecule has 0 amide bonds. The fourth-order valence-corrected chi connectivity index (χ4v) is 1.88. The highest BCUT2D eigenvalue weighted by Crippen LogP contribution is 2.32. The molecule has 1 fully saturated rings. The van der Waals surface area contributed by atoms with E-state index in [2.05, 4.69) is 20.3 Å². The van der Waals surface area contributed by atoms with Gasteiger partial charge in [-0.25, -0.2) is 9.97 Å². The highest BCUT2D eigenvalue weighted by molar-refractivity contribution is 5.75. The maximum atomic E-state index is 10.7. The van der Waals surface area contributed by atoms with E-state index >= 15 is 0 Å². The molecule has 0 aliphatic heterocycles. The van der Waals surface area contributed by atoms with E-state index in [1.54, 1.807) is 24.8 Å². The number of pyridine rings is 1. The highest BCUT2D eigenvalue weighted by Gasteiger charge is 2.43. The molecule has 2 N–H and O–H groups in total. The first-order valence-corrected chi connectivity index (χ1v) is 5.96. The first kappa shape index (κ1) is 11.6. The number of hydrogen-bond acceptors (Lipinski definition) is 5. The number of carboxylic acid groups (broad SMARTS) is 1. The molecule has 19 heavy (non-hydrogen) atoms. The Labute approximate surface area is 109 Å². The molecule has 1 aliphatic rings. The van der Waals surface area contributed by atoms with Crippen LogP contribution < -0.4 is 5.32 Å². The van der Waals surface area contributed by atoms with Gasteiger partial charge in [-0.05, 0) is 12.5 Å². The van der Waals surface area contributed by atoms with E-state index in [9.17, 15) is 4.79 Å². The number of aromatic nitrogens is 3. The quantitative estimate of drug-likeness (QED) is 0.860. The van der Waals surface area contributed by atoms with Crippen molar-refractivity contribution in [2.24, 2.45) is 5.92 Å². The maximum absolute atomic E-state index is 10.7. The monoisotopic (exact) mass is 256 g/mol. The normalized spacial score (nSPS) is 20.8. The third-order valence-corrected chi connectivity index (χ3v) is 3.07. The molecule has 0 spiro atoms. The van der Waals surface area contributed by atoms with Crippen LogP contribution in [-0.4, -0.2) is 32.1 Å². The van der Waals surface area contributed by atoms with Gasteiger partial charge in [0.25, 0.3) is 0 Å². The molecular formula is C13H12N4O2. The van der Waals surface area contributed by atoms with E-state index in [1.165, 1.54) is 0 Å². The van der Waals surface area contributed by atoms with E-state index in [1.807, 2.05) is 12.1 Å². The van der Waals surface area contributed by atoms with Crippen molar-refractivity contribution in [2.75, 3.05) is 5.32 Å². The minimum atomic E-state index is -0.774. The Morgan fingerprint density at radius 3 is 2.63 bits per heavy atom. The number of aliphatic carboxylic acids is 1. The third-order valence-electron chi connectivity index (χ3n) is 3.07. The van der Waals surface area contributed by atoms with Gasteiger partial charge < -0.3 is 10.4 Å². The second kappa shape index (κ2) is 4.64. The Morgan fingerprint density at radius 2 is 2.05 bits per heavy atom. The number of carboxylic acids is 1. The van der Waals surface area contributed by atoms with Crippen LogP contribution in [0, 0.1) is 5.92 Å². The highest BCUT2D eigenvalue weighted by atomic mass is 16.4. The number of carbonyl (C=O) groups is 1. The van der Waals surface area contributed by atoms with Crippen molar-refractivity contribution >= 4 is 11.9 Å². The topological polar surface area (TPSA) is 88.0 Å². The van der Waals surface area contributed by atoms with E-state index in [-0.39, 0.29) is 12.0 Å². The standard InChI is InChI=1S/C13H12N4O2/c18-12(19)10-4-11(10)17-13-15-6-9(7-16-13)8-2-1-3-14-5-8/h1-3,5-7,10-11H,4H2,(H,18,19)(H,15,16,17). The zero-order valence-electron chi connectivity index (χ0n) is 10.0. The fourth-order valence-electron chi connectivity index (χ4n) is 1.88. The molecule has 0 bridgehead atoms. The van der Waals surface area contributed by atoms with Gasteiger partial charge in [-0.2, -0.15) is 0 Å².